The number of oxazole rings is 1. The van der Waals surface area contributed by atoms with Gasteiger partial charge in [-0.05, 0) is 24.6 Å². The van der Waals surface area contributed by atoms with Gasteiger partial charge < -0.3 is 14.8 Å². The predicted octanol–water partition coefficient (Wildman–Crippen LogP) is 3.63. The maximum atomic E-state index is 12.1. The Morgan fingerprint density at radius 1 is 1.35 bits per heavy atom. The maximum absolute atomic E-state index is 12.1. The molecular weight excluding hydrogens is 343 g/mol. The molecule has 2 rings (SSSR count). The van der Waals surface area contributed by atoms with E-state index in [0.717, 1.165) is 6.26 Å². The van der Waals surface area contributed by atoms with Crippen molar-refractivity contribution in [3.05, 3.63) is 40.2 Å². The molecule has 2 aromatic rings. The van der Waals surface area contributed by atoms with Crippen LogP contribution < -0.4 is 5.32 Å². The monoisotopic (exact) mass is 356 g/mol. The standard InChI is InChI=1S/C15H14Cl2N2O4/c1-2-3-11(15(21)22)18-13(20)12-7-23-14(19-12)8-4-5-9(16)10(17)6-8/h4-7,11H,2-3H2,1H3,(H,18,20)(H,21,22). The van der Waals surface area contributed by atoms with E-state index in [1.807, 2.05) is 6.92 Å². The number of aromatic nitrogens is 1. The van der Waals surface area contributed by atoms with Gasteiger partial charge in [-0.1, -0.05) is 36.5 Å². The molecule has 0 saturated carbocycles. The summed E-state index contributed by atoms with van der Waals surface area (Å²) in [5.74, 6) is -1.51. The first-order valence-electron chi connectivity index (χ1n) is 6.87. The number of carboxylic acid groups (broad SMARTS) is 1. The first-order valence-corrected chi connectivity index (χ1v) is 7.62. The molecule has 0 bridgehead atoms. The molecule has 1 aromatic heterocycles. The average Bonchev–Trinajstić information content (AvgIpc) is 2.99. The summed E-state index contributed by atoms with van der Waals surface area (Å²) in [6, 6.07) is 3.84. The molecule has 8 heteroatoms. The summed E-state index contributed by atoms with van der Waals surface area (Å²) in [7, 11) is 0. The van der Waals surface area contributed by atoms with Gasteiger partial charge in [-0.2, -0.15) is 0 Å². The van der Waals surface area contributed by atoms with Gasteiger partial charge in [0.15, 0.2) is 5.69 Å². The number of amides is 1. The Morgan fingerprint density at radius 2 is 2.09 bits per heavy atom. The molecule has 0 radical (unpaired) electrons. The third-order valence-electron chi connectivity index (χ3n) is 3.08. The zero-order valence-electron chi connectivity index (χ0n) is 12.2. The fourth-order valence-electron chi connectivity index (χ4n) is 1.92. The second-order valence-electron chi connectivity index (χ2n) is 4.82. The molecule has 23 heavy (non-hydrogen) atoms. The van der Waals surface area contributed by atoms with Crippen LogP contribution in [0.3, 0.4) is 0 Å². The van der Waals surface area contributed by atoms with Crippen LogP contribution in [0.1, 0.15) is 30.3 Å². The molecule has 1 unspecified atom stereocenters. The highest BCUT2D eigenvalue weighted by Gasteiger charge is 2.22. The van der Waals surface area contributed by atoms with Crippen molar-refractivity contribution in [3.63, 3.8) is 0 Å². The van der Waals surface area contributed by atoms with Crippen LogP contribution in [0.4, 0.5) is 0 Å². The number of nitrogens with one attached hydrogen (secondary N) is 1. The van der Waals surface area contributed by atoms with Crippen molar-refractivity contribution < 1.29 is 19.1 Å². The summed E-state index contributed by atoms with van der Waals surface area (Å²) in [5, 5.41) is 12.2. The number of benzene rings is 1. The van der Waals surface area contributed by atoms with Crippen LogP contribution in [-0.4, -0.2) is 28.0 Å². The van der Waals surface area contributed by atoms with E-state index in [0.29, 0.717) is 28.5 Å². The lowest BCUT2D eigenvalue weighted by molar-refractivity contribution is -0.139. The average molecular weight is 357 g/mol. The lowest BCUT2D eigenvalue weighted by Gasteiger charge is -2.11. The van der Waals surface area contributed by atoms with Gasteiger partial charge in [-0.15, -0.1) is 0 Å². The Morgan fingerprint density at radius 3 is 2.70 bits per heavy atom. The molecule has 0 aliphatic carbocycles. The largest absolute Gasteiger partial charge is 0.480 e. The van der Waals surface area contributed by atoms with Gasteiger partial charge in [0.25, 0.3) is 5.91 Å². The SMILES string of the molecule is CCCC(NC(=O)c1coc(-c2ccc(Cl)c(Cl)c2)n1)C(=O)O. The van der Waals surface area contributed by atoms with Gasteiger partial charge in [0.1, 0.15) is 12.3 Å². The zero-order chi connectivity index (χ0) is 17.0. The molecule has 6 nitrogen and oxygen atoms in total. The number of carbonyl (C=O) groups is 2. The van der Waals surface area contributed by atoms with E-state index in [9.17, 15) is 9.59 Å². The number of carboxylic acids is 1. The lowest BCUT2D eigenvalue weighted by Crippen LogP contribution is -2.40. The summed E-state index contributed by atoms with van der Waals surface area (Å²) in [6.45, 7) is 1.83. The van der Waals surface area contributed by atoms with Crippen molar-refractivity contribution in [2.45, 2.75) is 25.8 Å². The number of rotatable bonds is 6. The highest BCUT2D eigenvalue weighted by Crippen LogP contribution is 2.28. The van der Waals surface area contributed by atoms with E-state index in [1.54, 1.807) is 18.2 Å². The second kappa shape index (κ2) is 7.48. The number of carbonyl (C=O) groups excluding carboxylic acids is 1. The predicted molar refractivity (Wildman–Crippen MR) is 85.8 cm³/mol. The van der Waals surface area contributed by atoms with Crippen LogP contribution in [0.2, 0.25) is 10.0 Å². The van der Waals surface area contributed by atoms with E-state index < -0.39 is 17.9 Å². The van der Waals surface area contributed by atoms with Crippen LogP contribution in [-0.2, 0) is 4.79 Å². The molecule has 0 aliphatic rings. The molecule has 122 valence electrons. The van der Waals surface area contributed by atoms with E-state index >= 15 is 0 Å². The summed E-state index contributed by atoms with van der Waals surface area (Å²) in [6.07, 6.45) is 2.13. The summed E-state index contributed by atoms with van der Waals surface area (Å²) < 4.78 is 5.25. The minimum Gasteiger partial charge on any atom is -0.480 e. The normalized spacial score (nSPS) is 12.0. The Labute approximate surface area is 142 Å². The minimum absolute atomic E-state index is 0.00609. The first kappa shape index (κ1) is 17.3. The van der Waals surface area contributed by atoms with Crippen LogP contribution in [0, 0.1) is 0 Å². The molecule has 2 N–H and O–H groups in total. The maximum Gasteiger partial charge on any atom is 0.326 e. The quantitative estimate of drug-likeness (QED) is 0.824. The van der Waals surface area contributed by atoms with Crippen molar-refractivity contribution in [2.24, 2.45) is 0 Å². The van der Waals surface area contributed by atoms with Crippen molar-refractivity contribution >= 4 is 35.1 Å². The molecule has 1 amide bonds. The van der Waals surface area contributed by atoms with Crippen molar-refractivity contribution in [3.8, 4) is 11.5 Å². The van der Waals surface area contributed by atoms with E-state index in [2.05, 4.69) is 10.3 Å². The lowest BCUT2D eigenvalue weighted by atomic mass is 10.1. The first-order chi connectivity index (χ1) is 10.9. The highest BCUT2D eigenvalue weighted by atomic mass is 35.5. The molecule has 0 fully saturated rings. The molecule has 1 atom stereocenters. The van der Waals surface area contributed by atoms with Gasteiger partial charge in [-0.3, -0.25) is 4.79 Å². The fraction of sp³-hybridized carbons (Fsp3) is 0.267. The summed E-state index contributed by atoms with van der Waals surface area (Å²) in [4.78, 5) is 27.2. The highest BCUT2D eigenvalue weighted by molar-refractivity contribution is 6.42. The molecular formula is C15H14Cl2N2O4. The Bertz CT molecular complexity index is 730. The molecule has 0 aliphatic heterocycles. The third kappa shape index (κ3) is 4.24. The van der Waals surface area contributed by atoms with E-state index in [-0.39, 0.29) is 11.6 Å². The number of hydrogen-bond donors (Lipinski definition) is 2. The fourth-order valence-corrected chi connectivity index (χ4v) is 2.22. The Kier molecular flexibility index (Phi) is 5.63. The molecule has 0 spiro atoms. The Hall–Kier alpha value is -2.05. The topological polar surface area (TPSA) is 92.4 Å². The van der Waals surface area contributed by atoms with Gasteiger partial charge in [0.2, 0.25) is 5.89 Å². The number of aliphatic carboxylic acids is 1. The molecule has 1 heterocycles. The summed E-state index contributed by atoms with van der Waals surface area (Å²) in [5.41, 5.74) is 0.551. The van der Waals surface area contributed by atoms with Gasteiger partial charge >= 0.3 is 5.97 Å². The molecule has 0 saturated heterocycles. The van der Waals surface area contributed by atoms with Gasteiger partial charge in [-0.25, -0.2) is 9.78 Å². The van der Waals surface area contributed by atoms with Crippen molar-refractivity contribution in [2.75, 3.05) is 0 Å². The number of nitrogens with zero attached hydrogens (tertiary/aromatic N) is 1. The van der Waals surface area contributed by atoms with Gasteiger partial charge in [0.05, 0.1) is 10.0 Å². The van der Waals surface area contributed by atoms with Crippen LogP contribution >= 0.6 is 23.2 Å². The van der Waals surface area contributed by atoms with Gasteiger partial charge in [0, 0.05) is 5.56 Å². The summed E-state index contributed by atoms with van der Waals surface area (Å²) >= 11 is 11.8. The number of hydrogen-bond acceptors (Lipinski definition) is 4. The van der Waals surface area contributed by atoms with Crippen LogP contribution in [0.15, 0.2) is 28.9 Å². The minimum atomic E-state index is -1.09. The number of halogens is 2. The van der Waals surface area contributed by atoms with E-state index in [1.165, 1.54) is 0 Å². The third-order valence-corrected chi connectivity index (χ3v) is 3.82. The van der Waals surface area contributed by atoms with Crippen LogP contribution in [0.25, 0.3) is 11.5 Å². The smallest absolute Gasteiger partial charge is 0.326 e. The van der Waals surface area contributed by atoms with Crippen molar-refractivity contribution in [1.82, 2.24) is 10.3 Å². The van der Waals surface area contributed by atoms with Crippen molar-refractivity contribution in [1.29, 1.82) is 0 Å². The van der Waals surface area contributed by atoms with E-state index in [4.69, 9.17) is 32.7 Å². The zero-order valence-corrected chi connectivity index (χ0v) is 13.7. The second-order valence-corrected chi connectivity index (χ2v) is 5.63. The Balaban J connectivity index is 2.16. The molecule has 1 aromatic carbocycles. The van der Waals surface area contributed by atoms with Crippen LogP contribution in [0.5, 0.6) is 0 Å².